The fraction of sp³-hybridized carbons (Fsp3) is 0.200. The predicted octanol–water partition coefficient (Wildman–Crippen LogP) is 1.71. The quantitative estimate of drug-likeness (QED) is 0.832. The summed E-state index contributed by atoms with van der Waals surface area (Å²) in [5, 5.41) is 2.97. The van der Waals surface area contributed by atoms with Gasteiger partial charge in [0.15, 0.2) is 0 Å². The van der Waals surface area contributed by atoms with Crippen molar-refractivity contribution < 1.29 is 4.79 Å². The SMILES string of the molecule is NC1C=CC(C(=O)Nc2ccccc2-n2ccnc2)C1. The summed E-state index contributed by atoms with van der Waals surface area (Å²) in [6.45, 7) is 0. The maximum atomic E-state index is 12.2. The van der Waals surface area contributed by atoms with Crippen molar-refractivity contribution in [1.82, 2.24) is 9.55 Å². The number of anilines is 1. The summed E-state index contributed by atoms with van der Waals surface area (Å²) in [5.41, 5.74) is 7.45. The average molecular weight is 268 g/mol. The number of benzene rings is 1. The molecule has 2 aromatic rings. The Balaban J connectivity index is 1.81. The van der Waals surface area contributed by atoms with Crippen LogP contribution in [0.4, 0.5) is 5.69 Å². The zero-order valence-corrected chi connectivity index (χ0v) is 10.9. The van der Waals surface area contributed by atoms with Gasteiger partial charge in [0.1, 0.15) is 0 Å². The molecule has 1 aromatic heterocycles. The number of hydrogen-bond acceptors (Lipinski definition) is 3. The van der Waals surface area contributed by atoms with Crippen LogP contribution in [0.2, 0.25) is 0 Å². The molecule has 1 aliphatic carbocycles. The van der Waals surface area contributed by atoms with Crippen LogP contribution < -0.4 is 11.1 Å². The number of para-hydroxylation sites is 2. The fourth-order valence-electron chi connectivity index (χ4n) is 2.35. The summed E-state index contributed by atoms with van der Waals surface area (Å²) in [5.74, 6) is -0.178. The smallest absolute Gasteiger partial charge is 0.231 e. The number of imidazole rings is 1. The highest BCUT2D eigenvalue weighted by Crippen LogP contribution is 2.23. The molecular formula is C15H16N4O. The Morgan fingerprint density at radius 2 is 2.20 bits per heavy atom. The fourth-order valence-corrected chi connectivity index (χ4v) is 2.35. The van der Waals surface area contributed by atoms with E-state index in [0.717, 1.165) is 11.4 Å². The number of hydrogen-bond donors (Lipinski definition) is 2. The molecule has 0 bridgehead atoms. The third-order valence-corrected chi connectivity index (χ3v) is 3.40. The Labute approximate surface area is 117 Å². The van der Waals surface area contributed by atoms with Crippen LogP contribution in [0.1, 0.15) is 6.42 Å². The molecule has 0 saturated heterocycles. The summed E-state index contributed by atoms with van der Waals surface area (Å²) < 4.78 is 1.87. The second kappa shape index (κ2) is 5.30. The molecule has 0 saturated carbocycles. The molecule has 5 heteroatoms. The van der Waals surface area contributed by atoms with Gasteiger partial charge in [0.05, 0.1) is 23.6 Å². The monoisotopic (exact) mass is 268 g/mol. The third-order valence-electron chi connectivity index (χ3n) is 3.40. The van der Waals surface area contributed by atoms with E-state index < -0.39 is 0 Å². The molecule has 3 rings (SSSR count). The van der Waals surface area contributed by atoms with Crippen LogP contribution in [0, 0.1) is 5.92 Å². The van der Waals surface area contributed by atoms with Crippen molar-refractivity contribution in [2.75, 3.05) is 5.32 Å². The lowest BCUT2D eigenvalue weighted by atomic mass is 10.1. The number of aromatic nitrogens is 2. The van der Waals surface area contributed by atoms with Gasteiger partial charge in [0.25, 0.3) is 0 Å². The van der Waals surface area contributed by atoms with Gasteiger partial charge < -0.3 is 15.6 Å². The van der Waals surface area contributed by atoms with Gasteiger partial charge in [-0.25, -0.2) is 4.98 Å². The van der Waals surface area contributed by atoms with E-state index in [1.807, 2.05) is 47.2 Å². The first-order valence-electron chi connectivity index (χ1n) is 6.56. The maximum absolute atomic E-state index is 12.2. The zero-order valence-electron chi connectivity index (χ0n) is 10.9. The Morgan fingerprint density at radius 1 is 1.35 bits per heavy atom. The van der Waals surface area contributed by atoms with Crippen molar-refractivity contribution in [1.29, 1.82) is 0 Å². The van der Waals surface area contributed by atoms with Gasteiger partial charge in [-0.05, 0) is 18.6 Å². The maximum Gasteiger partial charge on any atom is 0.231 e. The largest absolute Gasteiger partial charge is 0.324 e. The van der Waals surface area contributed by atoms with Crippen molar-refractivity contribution in [3.8, 4) is 5.69 Å². The molecule has 0 radical (unpaired) electrons. The Kier molecular flexibility index (Phi) is 3.35. The minimum absolute atomic E-state index is 0.0188. The molecule has 3 N–H and O–H groups in total. The normalized spacial score (nSPS) is 21.1. The summed E-state index contributed by atoms with van der Waals surface area (Å²) >= 11 is 0. The lowest BCUT2D eigenvalue weighted by Crippen LogP contribution is -2.24. The highest BCUT2D eigenvalue weighted by atomic mass is 16.1. The second-order valence-electron chi connectivity index (χ2n) is 4.87. The van der Waals surface area contributed by atoms with Crippen LogP contribution in [0.3, 0.4) is 0 Å². The first-order valence-corrected chi connectivity index (χ1v) is 6.56. The summed E-state index contributed by atoms with van der Waals surface area (Å²) in [4.78, 5) is 16.3. The van der Waals surface area contributed by atoms with E-state index in [4.69, 9.17) is 5.73 Å². The summed E-state index contributed by atoms with van der Waals surface area (Å²) in [6, 6.07) is 7.62. The lowest BCUT2D eigenvalue weighted by Gasteiger charge is -2.14. The van der Waals surface area contributed by atoms with Crippen molar-refractivity contribution in [3.05, 3.63) is 55.1 Å². The molecule has 1 heterocycles. The van der Waals surface area contributed by atoms with E-state index in [-0.39, 0.29) is 17.9 Å². The van der Waals surface area contributed by atoms with Gasteiger partial charge in [0, 0.05) is 18.4 Å². The van der Waals surface area contributed by atoms with Crippen molar-refractivity contribution in [3.63, 3.8) is 0 Å². The van der Waals surface area contributed by atoms with Crippen LogP contribution in [-0.4, -0.2) is 21.5 Å². The Bertz CT molecular complexity index is 633. The molecule has 2 atom stereocenters. The van der Waals surface area contributed by atoms with Crippen molar-refractivity contribution >= 4 is 11.6 Å². The van der Waals surface area contributed by atoms with Crippen molar-refractivity contribution in [2.45, 2.75) is 12.5 Å². The van der Waals surface area contributed by atoms with Gasteiger partial charge in [-0.15, -0.1) is 0 Å². The number of nitrogens with two attached hydrogens (primary N) is 1. The minimum atomic E-state index is -0.152. The average Bonchev–Trinajstić information content (AvgIpc) is 3.10. The molecular weight excluding hydrogens is 252 g/mol. The minimum Gasteiger partial charge on any atom is -0.324 e. The van der Waals surface area contributed by atoms with E-state index in [2.05, 4.69) is 10.3 Å². The Hall–Kier alpha value is -2.40. The van der Waals surface area contributed by atoms with E-state index >= 15 is 0 Å². The summed E-state index contributed by atoms with van der Waals surface area (Å²) in [6.07, 6.45) is 9.68. The van der Waals surface area contributed by atoms with Crippen LogP contribution >= 0.6 is 0 Å². The predicted molar refractivity (Wildman–Crippen MR) is 77.4 cm³/mol. The number of rotatable bonds is 3. The first-order chi connectivity index (χ1) is 9.74. The number of carbonyl (C=O) groups excluding carboxylic acids is 1. The molecule has 0 spiro atoms. The van der Waals surface area contributed by atoms with E-state index in [0.29, 0.717) is 6.42 Å². The number of carbonyl (C=O) groups is 1. The van der Waals surface area contributed by atoms with Crippen LogP contribution in [-0.2, 0) is 4.79 Å². The standard InChI is InChI=1S/C15H16N4O/c16-12-6-5-11(9-12)15(20)18-13-3-1-2-4-14(13)19-8-7-17-10-19/h1-8,10-12H,9,16H2,(H,18,20). The molecule has 5 nitrogen and oxygen atoms in total. The molecule has 2 unspecified atom stereocenters. The van der Waals surface area contributed by atoms with Gasteiger partial charge >= 0.3 is 0 Å². The molecule has 1 amide bonds. The van der Waals surface area contributed by atoms with Crippen LogP contribution in [0.25, 0.3) is 5.69 Å². The molecule has 0 aliphatic heterocycles. The number of amides is 1. The lowest BCUT2D eigenvalue weighted by molar-refractivity contribution is -0.118. The number of nitrogens with zero attached hydrogens (tertiary/aromatic N) is 2. The van der Waals surface area contributed by atoms with Gasteiger partial charge in [0.2, 0.25) is 5.91 Å². The van der Waals surface area contributed by atoms with Gasteiger partial charge in [-0.1, -0.05) is 24.3 Å². The molecule has 1 aromatic carbocycles. The van der Waals surface area contributed by atoms with E-state index in [9.17, 15) is 4.79 Å². The zero-order chi connectivity index (χ0) is 13.9. The molecule has 20 heavy (non-hydrogen) atoms. The Morgan fingerprint density at radius 3 is 2.90 bits per heavy atom. The van der Waals surface area contributed by atoms with E-state index in [1.165, 1.54) is 0 Å². The summed E-state index contributed by atoms with van der Waals surface area (Å²) in [7, 11) is 0. The molecule has 0 fully saturated rings. The topological polar surface area (TPSA) is 72.9 Å². The highest BCUT2D eigenvalue weighted by Gasteiger charge is 2.23. The van der Waals surface area contributed by atoms with E-state index in [1.54, 1.807) is 12.5 Å². The van der Waals surface area contributed by atoms with Gasteiger partial charge in [-0.2, -0.15) is 0 Å². The third kappa shape index (κ3) is 2.48. The van der Waals surface area contributed by atoms with Crippen LogP contribution in [0.5, 0.6) is 0 Å². The van der Waals surface area contributed by atoms with Crippen molar-refractivity contribution in [2.24, 2.45) is 11.7 Å². The van der Waals surface area contributed by atoms with Gasteiger partial charge in [-0.3, -0.25) is 4.79 Å². The first kappa shape index (κ1) is 12.6. The second-order valence-corrected chi connectivity index (χ2v) is 4.87. The molecule has 1 aliphatic rings. The molecule has 102 valence electrons. The highest BCUT2D eigenvalue weighted by molar-refractivity contribution is 5.95. The number of nitrogens with one attached hydrogen (secondary N) is 1. The van der Waals surface area contributed by atoms with Crippen LogP contribution in [0.15, 0.2) is 55.1 Å².